The number of rotatable bonds is 24. The summed E-state index contributed by atoms with van der Waals surface area (Å²) in [5.74, 6) is 0.116. The number of carbonyl (C=O) groups is 2. The third-order valence-corrected chi connectivity index (χ3v) is 5.45. The van der Waals surface area contributed by atoms with E-state index in [0.29, 0.717) is 82.5 Å². The van der Waals surface area contributed by atoms with Gasteiger partial charge in [-0.25, -0.2) is 0 Å². The van der Waals surface area contributed by atoms with Crippen molar-refractivity contribution in [1.29, 1.82) is 0 Å². The molecule has 0 amide bonds. The van der Waals surface area contributed by atoms with Gasteiger partial charge in [0.1, 0.15) is 18.1 Å². The second kappa shape index (κ2) is 20.6. The van der Waals surface area contributed by atoms with Gasteiger partial charge in [-0.05, 0) is 30.3 Å². The van der Waals surface area contributed by atoms with Crippen LogP contribution >= 0.6 is 0 Å². The molecule has 0 aliphatic heterocycles. The van der Waals surface area contributed by atoms with Gasteiger partial charge in [0.15, 0.2) is 11.5 Å². The highest BCUT2D eigenvalue weighted by molar-refractivity contribution is 6.49. The van der Waals surface area contributed by atoms with Crippen molar-refractivity contribution in [3.05, 3.63) is 47.5 Å². The largest absolute Gasteiger partial charge is 0.497 e. The topological polar surface area (TPSA) is 137 Å². The standard InChI is InChI=1S/C29H40O12/c1-33-24-18-23(19-25(21-24)34-2)29(32)28(31)22-4-5-26(35-3)27(20-22)41-17-16-40-15-14-39-13-12-38-11-10-37-9-8-36-7-6-30/h4-5,18-21,30H,6-17H2,1-3H3. The molecule has 0 saturated heterocycles. The Morgan fingerprint density at radius 1 is 0.537 bits per heavy atom. The van der Waals surface area contributed by atoms with Gasteiger partial charge in [0, 0.05) is 17.2 Å². The van der Waals surface area contributed by atoms with Crippen LogP contribution in [0.1, 0.15) is 20.7 Å². The summed E-state index contributed by atoms with van der Waals surface area (Å²) >= 11 is 0. The van der Waals surface area contributed by atoms with Gasteiger partial charge < -0.3 is 47.7 Å². The first-order chi connectivity index (χ1) is 20.0. The molecule has 0 spiro atoms. The summed E-state index contributed by atoms with van der Waals surface area (Å²) in [4.78, 5) is 25.8. The van der Waals surface area contributed by atoms with Gasteiger partial charge in [-0.2, -0.15) is 0 Å². The summed E-state index contributed by atoms with van der Waals surface area (Å²) in [5, 5.41) is 8.59. The molecule has 228 valence electrons. The van der Waals surface area contributed by atoms with Gasteiger partial charge >= 0.3 is 0 Å². The molecule has 41 heavy (non-hydrogen) atoms. The van der Waals surface area contributed by atoms with Crippen LogP contribution in [0.15, 0.2) is 36.4 Å². The highest BCUT2D eigenvalue weighted by Crippen LogP contribution is 2.29. The highest BCUT2D eigenvalue weighted by atomic mass is 16.6. The molecule has 0 aromatic heterocycles. The smallest absolute Gasteiger partial charge is 0.233 e. The molecule has 0 saturated carbocycles. The molecule has 12 heteroatoms. The number of hydrogen-bond acceptors (Lipinski definition) is 12. The number of hydrogen-bond donors (Lipinski definition) is 1. The maximum atomic E-state index is 12.9. The molecule has 0 aliphatic rings. The van der Waals surface area contributed by atoms with E-state index < -0.39 is 11.6 Å². The van der Waals surface area contributed by atoms with E-state index in [1.165, 1.54) is 45.6 Å². The number of carbonyl (C=O) groups excluding carboxylic acids is 2. The van der Waals surface area contributed by atoms with Crippen LogP contribution in [0.3, 0.4) is 0 Å². The van der Waals surface area contributed by atoms with Gasteiger partial charge in [-0.1, -0.05) is 0 Å². The summed E-state index contributed by atoms with van der Waals surface area (Å²) < 4.78 is 48.2. The van der Waals surface area contributed by atoms with Crippen molar-refractivity contribution in [2.24, 2.45) is 0 Å². The van der Waals surface area contributed by atoms with Crippen LogP contribution in [0.25, 0.3) is 0 Å². The second-order valence-electron chi connectivity index (χ2n) is 8.26. The van der Waals surface area contributed by atoms with Crippen molar-refractivity contribution in [1.82, 2.24) is 0 Å². The Balaban J connectivity index is 1.67. The minimum Gasteiger partial charge on any atom is -0.497 e. The molecule has 0 bridgehead atoms. The van der Waals surface area contributed by atoms with Crippen molar-refractivity contribution in [2.75, 3.05) is 101 Å². The Morgan fingerprint density at radius 3 is 1.46 bits per heavy atom. The van der Waals surface area contributed by atoms with E-state index in [-0.39, 0.29) is 30.9 Å². The third-order valence-electron chi connectivity index (χ3n) is 5.45. The molecule has 0 aliphatic carbocycles. The quantitative estimate of drug-likeness (QED) is 0.111. The minimum atomic E-state index is -0.708. The van der Waals surface area contributed by atoms with E-state index in [9.17, 15) is 9.59 Å². The lowest BCUT2D eigenvalue weighted by molar-refractivity contribution is -0.0147. The minimum absolute atomic E-state index is 0.00290. The summed E-state index contributed by atoms with van der Waals surface area (Å²) in [6, 6.07) is 9.12. The van der Waals surface area contributed by atoms with Crippen LogP contribution in [0.5, 0.6) is 23.0 Å². The zero-order valence-electron chi connectivity index (χ0n) is 23.9. The third kappa shape index (κ3) is 12.9. The fourth-order valence-corrected chi connectivity index (χ4v) is 3.39. The lowest BCUT2D eigenvalue weighted by atomic mass is 10.0. The average molecular weight is 581 g/mol. The van der Waals surface area contributed by atoms with E-state index >= 15 is 0 Å². The Labute approximate surface area is 240 Å². The fraction of sp³-hybridized carbons (Fsp3) is 0.517. The first-order valence-corrected chi connectivity index (χ1v) is 13.2. The second-order valence-corrected chi connectivity index (χ2v) is 8.26. The van der Waals surface area contributed by atoms with Crippen LogP contribution < -0.4 is 18.9 Å². The molecule has 0 unspecified atom stereocenters. The number of benzene rings is 2. The molecule has 0 fully saturated rings. The van der Waals surface area contributed by atoms with E-state index in [1.54, 1.807) is 12.1 Å². The fourth-order valence-electron chi connectivity index (χ4n) is 3.39. The molecule has 2 aromatic rings. The number of aliphatic hydroxyl groups excluding tert-OH is 1. The van der Waals surface area contributed by atoms with Crippen LogP contribution in [-0.4, -0.2) is 117 Å². The molecular weight excluding hydrogens is 540 g/mol. The molecule has 2 rings (SSSR count). The van der Waals surface area contributed by atoms with E-state index in [0.717, 1.165) is 0 Å². The van der Waals surface area contributed by atoms with Crippen LogP contribution in [0, 0.1) is 0 Å². The van der Waals surface area contributed by atoms with Gasteiger partial charge in [0.25, 0.3) is 0 Å². The monoisotopic (exact) mass is 580 g/mol. The Kier molecular flexibility index (Phi) is 17.0. The van der Waals surface area contributed by atoms with Crippen molar-refractivity contribution in [3.63, 3.8) is 0 Å². The van der Waals surface area contributed by atoms with Gasteiger partial charge in [-0.3, -0.25) is 9.59 Å². The lowest BCUT2D eigenvalue weighted by Crippen LogP contribution is -2.16. The van der Waals surface area contributed by atoms with E-state index in [2.05, 4.69) is 0 Å². The molecule has 0 heterocycles. The lowest BCUT2D eigenvalue weighted by Gasteiger charge is -2.13. The number of Topliss-reactive ketones (excluding diaryl/α,β-unsaturated/α-hetero) is 2. The van der Waals surface area contributed by atoms with Crippen molar-refractivity contribution in [3.8, 4) is 23.0 Å². The number of methoxy groups -OCH3 is 3. The highest BCUT2D eigenvalue weighted by Gasteiger charge is 2.21. The van der Waals surface area contributed by atoms with Crippen molar-refractivity contribution in [2.45, 2.75) is 0 Å². The Morgan fingerprint density at radius 2 is 1.00 bits per heavy atom. The van der Waals surface area contributed by atoms with Gasteiger partial charge in [0.05, 0.1) is 94.0 Å². The van der Waals surface area contributed by atoms with Crippen molar-refractivity contribution < 1.29 is 57.3 Å². The van der Waals surface area contributed by atoms with E-state index in [4.69, 9.17) is 47.7 Å². The van der Waals surface area contributed by atoms with Crippen molar-refractivity contribution >= 4 is 11.6 Å². The Bertz CT molecular complexity index is 1020. The number of ketones is 2. The predicted octanol–water partition coefficient (Wildman–Crippen LogP) is 2.23. The van der Waals surface area contributed by atoms with Gasteiger partial charge in [-0.15, -0.1) is 0 Å². The molecule has 2 aromatic carbocycles. The van der Waals surface area contributed by atoms with Crippen LogP contribution in [0.4, 0.5) is 0 Å². The van der Waals surface area contributed by atoms with Crippen LogP contribution in [0.2, 0.25) is 0 Å². The molecule has 0 atom stereocenters. The van der Waals surface area contributed by atoms with Crippen LogP contribution in [-0.2, 0) is 23.7 Å². The molecule has 0 radical (unpaired) electrons. The molecule has 12 nitrogen and oxygen atoms in total. The molecular formula is C29H40O12. The Hall–Kier alpha value is -3.26. The normalized spacial score (nSPS) is 10.8. The SMILES string of the molecule is COc1cc(OC)cc(C(=O)C(=O)c2ccc(OC)c(OCCOCCOCCOCCOCCOCCO)c2)c1. The zero-order chi connectivity index (χ0) is 29.7. The first-order valence-electron chi connectivity index (χ1n) is 13.2. The summed E-state index contributed by atoms with van der Waals surface area (Å²) in [5.41, 5.74) is 0.306. The van der Waals surface area contributed by atoms with E-state index in [1.807, 2.05) is 0 Å². The first kappa shape index (κ1) is 33.9. The maximum absolute atomic E-state index is 12.9. The maximum Gasteiger partial charge on any atom is 0.233 e. The summed E-state index contributed by atoms with van der Waals surface area (Å²) in [6.07, 6.45) is 0. The van der Waals surface area contributed by atoms with Gasteiger partial charge in [0.2, 0.25) is 11.6 Å². The average Bonchev–Trinajstić information content (AvgIpc) is 3.01. The predicted molar refractivity (Wildman–Crippen MR) is 148 cm³/mol. The summed E-state index contributed by atoms with van der Waals surface area (Å²) in [6.45, 7) is 4.24. The zero-order valence-corrected chi connectivity index (χ0v) is 23.9. The number of ether oxygens (including phenoxy) is 9. The molecule has 1 N–H and O–H groups in total. The number of aliphatic hydroxyl groups is 1. The summed E-state index contributed by atoms with van der Waals surface area (Å²) in [7, 11) is 4.41.